The van der Waals surface area contributed by atoms with Gasteiger partial charge in [0.05, 0.1) is 5.50 Å². The smallest absolute Gasteiger partial charge is 0.459 e. The molecule has 0 saturated carbocycles. The summed E-state index contributed by atoms with van der Waals surface area (Å²) in [6.45, 7) is 12.6. The summed E-state index contributed by atoms with van der Waals surface area (Å²) in [6.07, 6.45) is 0.862. The lowest BCUT2D eigenvalue weighted by molar-refractivity contribution is 0.141. The van der Waals surface area contributed by atoms with Crippen LogP contribution in [-0.4, -0.2) is 33.3 Å². The molecule has 0 aromatic rings. The topological polar surface area (TPSA) is 39.7 Å². The van der Waals surface area contributed by atoms with Gasteiger partial charge >= 0.3 is 21.3 Å². The zero-order valence-electron chi connectivity index (χ0n) is 10.7. The van der Waals surface area contributed by atoms with Gasteiger partial charge in [0.25, 0.3) is 0 Å². The van der Waals surface area contributed by atoms with E-state index in [9.17, 15) is 0 Å². The van der Waals surface area contributed by atoms with Crippen LogP contribution in [0, 0.1) is 0 Å². The first kappa shape index (κ1) is 13.8. The van der Waals surface area contributed by atoms with Gasteiger partial charge in [0.15, 0.2) is 0 Å². The minimum Gasteiger partial charge on any atom is -0.459 e. The van der Waals surface area contributed by atoms with Crippen molar-refractivity contribution in [2.24, 2.45) is 0 Å². The first-order valence-corrected chi connectivity index (χ1v) is 5.90. The normalized spacial score (nSPS) is 26.9. The third-order valence-corrected chi connectivity index (χ3v) is 3.10. The van der Waals surface area contributed by atoms with E-state index in [1.54, 1.807) is 5.98 Å². The summed E-state index contributed by atoms with van der Waals surface area (Å²) in [5, 5.41) is 3.11. The maximum absolute atomic E-state index is 5.88. The van der Waals surface area contributed by atoms with Gasteiger partial charge in [0, 0.05) is 0 Å². The number of nitrogens with one attached hydrogen (secondary N) is 1. The van der Waals surface area contributed by atoms with E-state index in [1.807, 2.05) is 20.7 Å². The molecule has 1 N–H and O–H groups in total. The molecule has 1 saturated heterocycles. The van der Waals surface area contributed by atoms with Crippen molar-refractivity contribution in [2.75, 3.05) is 6.54 Å². The maximum Gasteiger partial charge on any atom is 0.525 e. The molecule has 1 aliphatic rings. The van der Waals surface area contributed by atoms with E-state index in [4.69, 9.17) is 13.8 Å². The molecule has 0 aliphatic carbocycles. The van der Waals surface area contributed by atoms with Crippen LogP contribution in [0.4, 0.5) is 0 Å². The Balaban J connectivity index is 2.78. The largest absolute Gasteiger partial charge is 0.525 e. The Morgan fingerprint density at radius 1 is 1.38 bits per heavy atom. The molecule has 16 heavy (non-hydrogen) atoms. The summed E-state index contributed by atoms with van der Waals surface area (Å²) >= 11 is 0. The zero-order chi connectivity index (χ0) is 12.2. The second-order valence-electron chi connectivity index (χ2n) is 4.19. The van der Waals surface area contributed by atoms with Crippen LogP contribution >= 0.6 is 0 Å². The molecule has 7 heteroatoms. The molecular formula is C9H20B3NO3. The Hall–Kier alpha value is -0.225. The van der Waals surface area contributed by atoms with Gasteiger partial charge in [-0.05, 0) is 19.9 Å². The van der Waals surface area contributed by atoms with Gasteiger partial charge in [0.2, 0.25) is 0 Å². The minimum absolute atomic E-state index is 0.0356. The van der Waals surface area contributed by atoms with E-state index in [-0.39, 0.29) is 12.4 Å². The molecule has 0 spiro atoms. The summed E-state index contributed by atoms with van der Waals surface area (Å²) < 4.78 is 17.3. The molecule has 0 amide bonds. The van der Waals surface area contributed by atoms with Gasteiger partial charge in [-0.15, -0.1) is 6.58 Å². The van der Waals surface area contributed by atoms with Crippen molar-refractivity contribution in [1.29, 1.82) is 0 Å². The number of hydrogen-bond donors (Lipinski definition) is 1. The SMILES string of the molecule is C=CB1OB(NCC)OB(C)C(C)(CC)O1. The summed E-state index contributed by atoms with van der Waals surface area (Å²) in [5.41, 5.74) is -0.344. The van der Waals surface area contributed by atoms with Crippen molar-refractivity contribution in [3.05, 3.63) is 12.6 Å². The van der Waals surface area contributed by atoms with Crippen LogP contribution in [0.25, 0.3) is 0 Å². The molecular weight excluding hydrogens is 203 g/mol. The van der Waals surface area contributed by atoms with Crippen molar-refractivity contribution in [1.82, 2.24) is 5.23 Å². The van der Waals surface area contributed by atoms with Crippen molar-refractivity contribution in [3.63, 3.8) is 0 Å². The maximum atomic E-state index is 5.88. The van der Waals surface area contributed by atoms with E-state index in [2.05, 4.69) is 18.7 Å². The van der Waals surface area contributed by atoms with E-state index in [0.29, 0.717) is 0 Å². The van der Waals surface area contributed by atoms with Crippen LogP contribution < -0.4 is 5.23 Å². The van der Waals surface area contributed by atoms with Crippen LogP contribution in [0.1, 0.15) is 27.2 Å². The van der Waals surface area contributed by atoms with E-state index >= 15 is 0 Å². The standard InChI is InChI=1S/C9H20B3NO3/c1-6-9(4)10(5)15-12(13-8-3)16-11(7-2)14-9/h7,13H,2,6,8H2,1,3-5H3. The van der Waals surface area contributed by atoms with Crippen molar-refractivity contribution in [3.8, 4) is 0 Å². The number of rotatable bonds is 4. The van der Waals surface area contributed by atoms with Crippen LogP contribution in [-0.2, 0) is 13.8 Å². The third kappa shape index (κ3) is 3.14. The fraction of sp³-hybridized carbons (Fsp3) is 0.778. The average molecular weight is 223 g/mol. The van der Waals surface area contributed by atoms with Crippen LogP contribution in [0.3, 0.4) is 0 Å². The molecule has 88 valence electrons. The molecule has 1 unspecified atom stereocenters. The van der Waals surface area contributed by atoms with Gasteiger partial charge in [-0.3, -0.25) is 0 Å². The van der Waals surface area contributed by atoms with Gasteiger partial charge in [0.1, 0.15) is 0 Å². The molecule has 1 atom stereocenters. The predicted molar refractivity (Wildman–Crippen MR) is 69.0 cm³/mol. The fourth-order valence-corrected chi connectivity index (χ4v) is 1.61. The summed E-state index contributed by atoms with van der Waals surface area (Å²) in [6, 6.07) is 0. The molecule has 0 aromatic carbocycles. The molecule has 0 aromatic heterocycles. The third-order valence-electron chi connectivity index (χ3n) is 3.10. The lowest BCUT2D eigenvalue weighted by Gasteiger charge is -2.31. The first-order chi connectivity index (χ1) is 7.55. The molecule has 0 radical (unpaired) electrons. The van der Waals surface area contributed by atoms with Crippen molar-refractivity contribution >= 4 is 21.3 Å². The Morgan fingerprint density at radius 2 is 2.06 bits per heavy atom. The van der Waals surface area contributed by atoms with E-state index < -0.39 is 14.4 Å². The lowest BCUT2D eigenvalue weighted by atomic mass is 9.52. The van der Waals surface area contributed by atoms with Crippen molar-refractivity contribution < 1.29 is 13.8 Å². The quantitative estimate of drug-likeness (QED) is 0.726. The summed E-state index contributed by atoms with van der Waals surface area (Å²) in [5.74, 6) is 1.65. The second kappa shape index (κ2) is 5.91. The van der Waals surface area contributed by atoms with E-state index in [0.717, 1.165) is 13.0 Å². The second-order valence-corrected chi connectivity index (χ2v) is 4.19. The highest BCUT2D eigenvalue weighted by Gasteiger charge is 2.45. The monoisotopic (exact) mass is 223 g/mol. The Bertz CT molecular complexity index is 244. The highest BCUT2D eigenvalue weighted by Crippen LogP contribution is 2.24. The Kier molecular flexibility index (Phi) is 5.11. The molecule has 1 aliphatic heterocycles. The highest BCUT2D eigenvalue weighted by molar-refractivity contribution is 6.71. The Labute approximate surface area is 99.5 Å². The van der Waals surface area contributed by atoms with Crippen molar-refractivity contribution in [2.45, 2.75) is 39.5 Å². The zero-order valence-corrected chi connectivity index (χ0v) is 10.7. The van der Waals surface area contributed by atoms with Crippen LogP contribution in [0.2, 0.25) is 6.82 Å². The minimum atomic E-state index is -0.434. The average Bonchev–Trinajstić information content (AvgIpc) is 2.38. The van der Waals surface area contributed by atoms with E-state index in [1.165, 1.54) is 0 Å². The lowest BCUT2D eigenvalue weighted by Crippen LogP contribution is -2.48. The van der Waals surface area contributed by atoms with Gasteiger partial charge in [-0.1, -0.05) is 26.6 Å². The molecule has 1 rings (SSSR count). The summed E-state index contributed by atoms with van der Waals surface area (Å²) in [4.78, 5) is 0. The highest BCUT2D eigenvalue weighted by atomic mass is 16.7. The first-order valence-electron chi connectivity index (χ1n) is 5.90. The van der Waals surface area contributed by atoms with Gasteiger partial charge in [-0.2, -0.15) is 0 Å². The van der Waals surface area contributed by atoms with Gasteiger partial charge in [-0.25, -0.2) is 0 Å². The molecule has 1 fully saturated rings. The molecule has 1 heterocycles. The predicted octanol–water partition coefficient (Wildman–Crippen LogP) is 1.19. The fourth-order valence-electron chi connectivity index (χ4n) is 1.61. The number of hydrogen-bond acceptors (Lipinski definition) is 4. The Morgan fingerprint density at radius 3 is 2.56 bits per heavy atom. The molecule has 4 nitrogen and oxygen atoms in total. The van der Waals surface area contributed by atoms with Crippen LogP contribution in [0.15, 0.2) is 12.6 Å². The summed E-state index contributed by atoms with van der Waals surface area (Å²) in [7, 11) is -0.865. The van der Waals surface area contributed by atoms with Gasteiger partial charge < -0.3 is 19.0 Å². The van der Waals surface area contributed by atoms with Crippen LogP contribution in [0.5, 0.6) is 0 Å². The molecule has 0 bridgehead atoms.